The molecule has 0 spiro atoms. The number of carbonyl (C=O) groups excluding carboxylic acids is 2. The summed E-state index contributed by atoms with van der Waals surface area (Å²) in [5, 5.41) is 11.5. The molecule has 0 saturated carbocycles. The summed E-state index contributed by atoms with van der Waals surface area (Å²) in [6.45, 7) is 1.56. The van der Waals surface area contributed by atoms with Crippen molar-refractivity contribution in [3.8, 4) is 0 Å². The molecule has 0 aromatic carbocycles. The van der Waals surface area contributed by atoms with Gasteiger partial charge in [0.2, 0.25) is 5.91 Å². The Hall–Kier alpha value is -1.95. The summed E-state index contributed by atoms with van der Waals surface area (Å²) < 4.78 is 0. The summed E-state index contributed by atoms with van der Waals surface area (Å²) in [5.41, 5.74) is 5.97. The lowest BCUT2D eigenvalue weighted by atomic mass is 10.2. The Kier molecular flexibility index (Phi) is 3.96. The molecule has 86 valence electrons. The van der Waals surface area contributed by atoms with Gasteiger partial charge in [0.15, 0.2) is 0 Å². The van der Waals surface area contributed by atoms with Crippen LogP contribution >= 0.6 is 0 Å². The average Bonchev–Trinajstić information content (AvgIpc) is 2.25. The summed E-state index contributed by atoms with van der Waals surface area (Å²) in [5.74, 6) is -1.25. The van der Waals surface area contributed by atoms with Crippen LogP contribution in [0.1, 0.15) is 16.1 Å². The van der Waals surface area contributed by atoms with Crippen molar-refractivity contribution < 1.29 is 14.7 Å². The SMILES string of the molecule is Cc1cc(C(=O)NCC(O)C(N)=O)ccn1. The molecule has 0 aliphatic heterocycles. The third kappa shape index (κ3) is 3.32. The molecule has 0 fully saturated rings. The minimum atomic E-state index is -1.37. The number of carbonyl (C=O) groups is 2. The Balaban J connectivity index is 2.56. The molecular formula is C10H13N3O3. The van der Waals surface area contributed by atoms with Crippen molar-refractivity contribution in [2.45, 2.75) is 13.0 Å². The zero-order chi connectivity index (χ0) is 12.1. The number of aliphatic hydroxyl groups is 1. The summed E-state index contributed by atoms with van der Waals surface area (Å²) in [4.78, 5) is 26.0. The largest absolute Gasteiger partial charge is 0.381 e. The summed E-state index contributed by atoms with van der Waals surface area (Å²) in [7, 11) is 0. The molecule has 1 unspecified atom stereocenters. The highest BCUT2D eigenvalue weighted by molar-refractivity contribution is 5.94. The molecule has 16 heavy (non-hydrogen) atoms. The standard InChI is InChI=1S/C10H13N3O3/c1-6-4-7(2-3-12-6)10(16)13-5-8(14)9(11)15/h2-4,8,14H,5H2,1H3,(H2,11,15)(H,13,16). The fraction of sp³-hybridized carbons (Fsp3) is 0.300. The lowest BCUT2D eigenvalue weighted by molar-refractivity contribution is -0.125. The van der Waals surface area contributed by atoms with E-state index in [-0.39, 0.29) is 12.5 Å². The van der Waals surface area contributed by atoms with Crippen LogP contribution in [0.25, 0.3) is 0 Å². The number of aryl methyl sites for hydroxylation is 1. The summed E-state index contributed by atoms with van der Waals surface area (Å²) in [6.07, 6.45) is 0.140. The van der Waals surface area contributed by atoms with Gasteiger partial charge in [0, 0.05) is 17.5 Å². The zero-order valence-electron chi connectivity index (χ0n) is 8.80. The van der Waals surface area contributed by atoms with Gasteiger partial charge in [0.05, 0.1) is 6.54 Å². The highest BCUT2D eigenvalue weighted by atomic mass is 16.3. The highest BCUT2D eigenvalue weighted by Gasteiger charge is 2.13. The van der Waals surface area contributed by atoms with Gasteiger partial charge < -0.3 is 16.2 Å². The molecule has 1 aromatic rings. The van der Waals surface area contributed by atoms with E-state index in [1.54, 1.807) is 19.1 Å². The average molecular weight is 223 g/mol. The minimum absolute atomic E-state index is 0.199. The number of rotatable bonds is 4. The fourth-order valence-electron chi connectivity index (χ4n) is 1.08. The van der Waals surface area contributed by atoms with Crippen molar-refractivity contribution in [2.75, 3.05) is 6.54 Å². The molecule has 0 aliphatic rings. The van der Waals surface area contributed by atoms with Crippen LogP contribution in [-0.2, 0) is 4.79 Å². The quantitative estimate of drug-likeness (QED) is 0.606. The molecule has 6 heteroatoms. The summed E-state index contributed by atoms with van der Waals surface area (Å²) in [6, 6.07) is 3.14. The predicted octanol–water partition coefficient (Wildman–Crippen LogP) is -1.03. The van der Waals surface area contributed by atoms with Crippen LogP contribution in [0.15, 0.2) is 18.3 Å². The van der Waals surface area contributed by atoms with Crippen LogP contribution in [0, 0.1) is 6.92 Å². The minimum Gasteiger partial charge on any atom is -0.381 e. The van der Waals surface area contributed by atoms with E-state index >= 15 is 0 Å². The number of primary amides is 1. The Bertz CT molecular complexity index is 406. The van der Waals surface area contributed by atoms with Gasteiger partial charge in [-0.15, -0.1) is 0 Å². The van der Waals surface area contributed by atoms with Gasteiger partial charge in [-0.2, -0.15) is 0 Å². The van der Waals surface area contributed by atoms with Gasteiger partial charge in [0.1, 0.15) is 6.10 Å². The van der Waals surface area contributed by atoms with Crippen LogP contribution in [0.5, 0.6) is 0 Å². The van der Waals surface area contributed by atoms with Crippen molar-refractivity contribution >= 4 is 11.8 Å². The van der Waals surface area contributed by atoms with Crippen molar-refractivity contribution in [3.05, 3.63) is 29.6 Å². The number of aromatic nitrogens is 1. The van der Waals surface area contributed by atoms with Crippen LogP contribution in [0.4, 0.5) is 0 Å². The van der Waals surface area contributed by atoms with Crippen molar-refractivity contribution in [3.63, 3.8) is 0 Å². The molecule has 0 saturated heterocycles. The van der Waals surface area contributed by atoms with Gasteiger partial charge in [0.25, 0.3) is 5.91 Å². The van der Waals surface area contributed by atoms with E-state index in [1.165, 1.54) is 6.20 Å². The van der Waals surface area contributed by atoms with Crippen LogP contribution < -0.4 is 11.1 Å². The number of amides is 2. The van der Waals surface area contributed by atoms with Crippen LogP contribution in [0.3, 0.4) is 0 Å². The number of nitrogens with one attached hydrogen (secondary N) is 1. The molecule has 1 atom stereocenters. The Morgan fingerprint density at radius 2 is 2.31 bits per heavy atom. The number of hydrogen-bond acceptors (Lipinski definition) is 4. The maximum Gasteiger partial charge on any atom is 0.251 e. The molecule has 1 heterocycles. The second-order valence-corrected chi connectivity index (χ2v) is 3.31. The first-order valence-corrected chi connectivity index (χ1v) is 4.69. The summed E-state index contributed by atoms with van der Waals surface area (Å²) >= 11 is 0. The van der Waals surface area contributed by atoms with Gasteiger partial charge in [-0.1, -0.05) is 0 Å². The van der Waals surface area contributed by atoms with Gasteiger partial charge >= 0.3 is 0 Å². The fourth-order valence-corrected chi connectivity index (χ4v) is 1.08. The number of pyridine rings is 1. The smallest absolute Gasteiger partial charge is 0.251 e. The number of nitrogens with two attached hydrogens (primary N) is 1. The Labute approximate surface area is 92.5 Å². The first kappa shape index (κ1) is 12.1. The van der Waals surface area contributed by atoms with E-state index in [0.717, 1.165) is 0 Å². The van der Waals surface area contributed by atoms with Crippen molar-refractivity contribution in [1.82, 2.24) is 10.3 Å². The lowest BCUT2D eigenvalue weighted by Gasteiger charge is -2.08. The molecular weight excluding hydrogens is 210 g/mol. The first-order chi connectivity index (χ1) is 7.50. The predicted molar refractivity (Wildman–Crippen MR) is 56.5 cm³/mol. The molecule has 6 nitrogen and oxygen atoms in total. The van der Waals surface area contributed by atoms with E-state index in [4.69, 9.17) is 10.8 Å². The highest BCUT2D eigenvalue weighted by Crippen LogP contribution is 2.00. The molecule has 1 rings (SSSR count). The molecule has 0 radical (unpaired) electrons. The maximum absolute atomic E-state index is 11.5. The van der Waals surface area contributed by atoms with E-state index in [0.29, 0.717) is 11.3 Å². The Morgan fingerprint density at radius 3 is 2.88 bits per heavy atom. The topological polar surface area (TPSA) is 105 Å². The number of hydrogen-bond donors (Lipinski definition) is 3. The molecule has 1 aromatic heterocycles. The molecule has 0 aliphatic carbocycles. The second-order valence-electron chi connectivity index (χ2n) is 3.31. The first-order valence-electron chi connectivity index (χ1n) is 4.69. The van der Waals surface area contributed by atoms with Crippen LogP contribution in [-0.4, -0.2) is 34.6 Å². The van der Waals surface area contributed by atoms with E-state index in [1.807, 2.05) is 0 Å². The van der Waals surface area contributed by atoms with Gasteiger partial charge in [-0.25, -0.2) is 0 Å². The third-order valence-electron chi connectivity index (χ3n) is 1.94. The van der Waals surface area contributed by atoms with Gasteiger partial charge in [-0.05, 0) is 19.1 Å². The molecule has 0 bridgehead atoms. The van der Waals surface area contributed by atoms with Crippen molar-refractivity contribution in [1.29, 1.82) is 0 Å². The zero-order valence-corrected chi connectivity index (χ0v) is 8.80. The third-order valence-corrected chi connectivity index (χ3v) is 1.94. The van der Waals surface area contributed by atoms with Crippen LogP contribution in [0.2, 0.25) is 0 Å². The Morgan fingerprint density at radius 1 is 1.62 bits per heavy atom. The van der Waals surface area contributed by atoms with Gasteiger partial charge in [-0.3, -0.25) is 14.6 Å². The number of nitrogens with zero attached hydrogens (tertiary/aromatic N) is 1. The second kappa shape index (κ2) is 5.22. The maximum atomic E-state index is 11.5. The molecule has 2 amide bonds. The van der Waals surface area contributed by atoms with E-state index < -0.39 is 12.0 Å². The van der Waals surface area contributed by atoms with Crippen molar-refractivity contribution in [2.24, 2.45) is 5.73 Å². The monoisotopic (exact) mass is 223 g/mol. The lowest BCUT2D eigenvalue weighted by Crippen LogP contribution is -2.39. The van der Waals surface area contributed by atoms with E-state index in [9.17, 15) is 9.59 Å². The molecule has 4 N–H and O–H groups in total. The van der Waals surface area contributed by atoms with E-state index in [2.05, 4.69) is 10.3 Å². The normalized spacial score (nSPS) is 11.9. The number of aliphatic hydroxyl groups excluding tert-OH is 1.